The van der Waals surface area contributed by atoms with Gasteiger partial charge < -0.3 is 9.15 Å². The molecule has 0 fully saturated rings. The summed E-state index contributed by atoms with van der Waals surface area (Å²) in [6, 6.07) is 8.54. The van der Waals surface area contributed by atoms with Gasteiger partial charge >= 0.3 is 0 Å². The van der Waals surface area contributed by atoms with Crippen LogP contribution in [-0.2, 0) is 13.7 Å². The Kier molecular flexibility index (Phi) is 5.26. The van der Waals surface area contributed by atoms with Crippen LogP contribution in [0.2, 0.25) is 10.0 Å². The molecule has 2 heterocycles. The lowest BCUT2D eigenvalue weighted by Crippen LogP contribution is -1.94. The van der Waals surface area contributed by atoms with E-state index in [1.54, 1.807) is 54.3 Å². The van der Waals surface area contributed by atoms with Crippen molar-refractivity contribution in [3.8, 4) is 5.75 Å². The van der Waals surface area contributed by atoms with Crippen LogP contribution in [-0.4, -0.2) is 15.6 Å². The Bertz CT molecular complexity index is 928. The molecule has 3 aromatic rings. The monoisotopic (exact) mass is 376 g/mol. The van der Waals surface area contributed by atoms with Crippen molar-refractivity contribution in [2.24, 2.45) is 7.05 Å². The lowest BCUT2D eigenvalue weighted by Gasteiger charge is -2.06. The maximum atomic E-state index is 12.0. The third-order valence-corrected chi connectivity index (χ3v) is 3.87. The van der Waals surface area contributed by atoms with Crippen LogP contribution in [0.4, 0.5) is 0 Å². The quantitative estimate of drug-likeness (QED) is 0.458. The third kappa shape index (κ3) is 4.53. The molecule has 0 saturated heterocycles. The van der Waals surface area contributed by atoms with Gasteiger partial charge in [-0.2, -0.15) is 5.10 Å². The number of ether oxygens (including phenoxy) is 1. The minimum atomic E-state index is -0.143. The van der Waals surface area contributed by atoms with Gasteiger partial charge in [-0.05, 0) is 42.5 Å². The number of halogens is 2. The molecular weight excluding hydrogens is 363 g/mol. The summed E-state index contributed by atoms with van der Waals surface area (Å²) in [5.74, 6) is 1.54. The molecule has 0 aliphatic rings. The highest BCUT2D eigenvalue weighted by Gasteiger charge is 2.07. The number of carbonyl (C=O) groups is 1. The molecule has 1 aromatic carbocycles. The minimum Gasteiger partial charge on any atom is -0.484 e. The summed E-state index contributed by atoms with van der Waals surface area (Å²) in [5.41, 5.74) is 0.520. The fourth-order valence-electron chi connectivity index (χ4n) is 2.11. The van der Waals surface area contributed by atoms with Gasteiger partial charge in [-0.1, -0.05) is 23.2 Å². The summed E-state index contributed by atoms with van der Waals surface area (Å²) < 4.78 is 12.8. The number of allylic oxidation sites excluding steroid dienone is 1. The van der Waals surface area contributed by atoms with E-state index in [-0.39, 0.29) is 12.4 Å². The molecule has 0 radical (unpaired) electrons. The Hall–Kier alpha value is -2.50. The second-order valence-corrected chi connectivity index (χ2v) is 6.11. The van der Waals surface area contributed by atoms with Gasteiger partial charge in [0.05, 0.1) is 16.8 Å². The zero-order chi connectivity index (χ0) is 17.8. The molecule has 7 heteroatoms. The van der Waals surface area contributed by atoms with Crippen molar-refractivity contribution < 1.29 is 13.9 Å². The first-order chi connectivity index (χ1) is 12.0. The Morgan fingerprint density at radius 3 is 2.88 bits per heavy atom. The number of hydrogen-bond donors (Lipinski definition) is 0. The number of ketones is 1. The van der Waals surface area contributed by atoms with E-state index in [1.165, 1.54) is 12.3 Å². The standard InChI is InChI=1S/C18H14Cl2N2O3/c1-22-10-12(9-21-22)17(23)6-5-14-3-4-15(25-14)11-24-18-7-2-13(19)8-16(18)20/h2-10H,11H2,1H3. The second kappa shape index (κ2) is 7.59. The highest BCUT2D eigenvalue weighted by molar-refractivity contribution is 6.35. The van der Waals surface area contributed by atoms with E-state index in [1.807, 2.05) is 0 Å². The average molecular weight is 377 g/mol. The molecule has 128 valence electrons. The maximum absolute atomic E-state index is 12.0. The number of hydrogen-bond acceptors (Lipinski definition) is 4. The Morgan fingerprint density at radius 2 is 2.16 bits per heavy atom. The number of rotatable bonds is 6. The van der Waals surface area contributed by atoms with Crippen LogP contribution in [0.3, 0.4) is 0 Å². The average Bonchev–Trinajstić information content (AvgIpc) is 3.21. The Balaban J connectivity index is 1.60. The summed E-state index contributed by atoms with van der Waals surface area (Å²) >= 11 is 11.9. The maximum Gasteiger partial charge on any atom is 0.189 e. The number of nitrogens with zero attached hydrogens (tertiary/aromatic N) is 2. The van der Waals surface area contributed by atoms with Gasteiger partial charge in [-0.25, -0.2) is 0 Å². The fourth-order valence-corrected chi connectivity index (χ4v) is 2.57. The van der Waals surface area contributed by atoms with Crippen molar-refractivity contribution in [3.05, 3.63) is 75.9 Å². The highest BCUT2D eigenvalue weighted by Crippen LogP contribution is 2.28. The summed E-state index contributed by atoms with van der Waals surface area (Å²) in [5, 5.41) is 4.94. The molecule has 0 amide bonds. The Labute approximate surface area is 154 Å². The van der Waals surface area contributed by atoms with Crippen molar-refractivity contribution in [1.29, 1.82) is 0 Å². The molecular formula is C18H14Cl2N2O3. The lowest BCUT2D eigenvalue weighted by molar-refractivity contribution is 0.104. The number of aryl methyl sites for hydroxylation is 1. The van der Waals surface area contributed by atoms with Crippen molar-refractivity contribution in [2.45, 2.75) is 6.61 Å². The van der Waals surface area contributed by atoms with Crippen LogP contribution in [0.5, 0.6) is 5.75 Å². The molecule has 2 aromatic heterocycles. The van der Waals surface area contributed by atoms with Crippen LogP contribution >= 0.6 is 23.2 Å². The topological polar surface area (TPSA) is 57.3 Å². The molecule has 0 unspecified atom stereocenters. The first-order valence-electron chi connectivity index (χ1n) is 7.39. The van der Waals surface area contributed by atoms with Crippen molar-refractivity contribution in [1.82, 2.24) is 9.78 Å². The number of benzene rings is 1. The predicted octanol–water partition coefficient (Wildman–Crippen LogP) is 4.80. The van der Waals surface area contributed by atoms with Crippen LogP contribution in [0, 0.1) is 0 Å². The van der Waals surface area contributed by atoms with Crippen LogP contribution in [0.15, 0.2) is 53.2 Å². The molecule has 5 nitrogen and oxygen atoms in total. The molecule has 25 heavy (non-hydrogen) atoms. The van der Waals surface area contributed by atoms with Gasteiger partial charge in [0, 0.05) is 18.3 Å². The molecule has 0 bridgehead atoms. The molecule has 0 spiro atoms. The molecule has 0 atom stereocenters. The SMILES string of the molecule is Cn1cc(C(=O)C=Cc2ccc(COc3ccc(Cl)cc3Cl)o2)cn1. The van der Waals surface area contributed by atoms with E-state index in [0.29, 0.717) is 32.9 Å². The number of furan rings is 1. The lowest BCUT2D eigenvalue weighted by atomic mass is 10.2. The largest absolute Gasteiger partial charge is 0.484 e. The van der Waals surface area contributed by atoms with E-state index in [4.69, 9.17) is 32.4 Å². The van der Waals surface area contributed by atoms with Crippen molar-refractivity contribution >= 4 is 35.1 Å². The molecule has 0 aliphatic carbocycles. The van der Waals surface area contributed by atoms with E-state index in [9.17, 15) is 4.79 Å². The van der Waals surface area contributed by atoms with Crippen molar-refractivity contribution in [3.63, 3.8) is 0 Å². The zero-order valence-corrected chi connectivity index (χ0v) is 14.8. The summed E-state index contributed by atoms with van der Waals surface area (Å²) in [4.78, 5) is 12.0. The summed E-state index contributed by atoms with van der Waals surface area (Å²) in [6.07, 6.45) is 6.22. The smallest absolute Gasteiger partial charge is 0.189 e. The van der Waals surface area contributed by atoms with E-state index >= 15 is 0 Å². The predicted molar refractivity (Wildman–Crippen MR) is 96.1 cm³/mol. The van der Waals surface area contributed by atoms with Gasteiger partial charge in [0.2, 0.25) is 0 Å². The van der Waals surface area contributed by atoms with Gasteiger partial charge in [-0.15, -0.1) is 0 Å². The number of aromatic nitrogens is 2. The van der Waals surface area contributed by atoms with Gasteiger partial charge in [0.25, 0.3) is 0 Å². The normalized spacial score (nSPS) is 11.2. The number of carbonyl (C=O) groups excluding carboxylic acids is 1. The first-order valence-corrected chi connectivity index (χ1v) is 8.14. The van der Waals surface area contributed by atoms with Gasteiger partial charge in [0.15, 0.2) is 5.78 Å². The summed E-state index contributed by atoms with van der Waals surface area (Å²) in [6.45, 7) is 0.214. The van der Waals surface area contributed by atoms with Crippen LogP contribution in [0.25, 0.3) is 6.08 Å². The highest BCUT2D eigenvalue weighted by atomic mass is 35.5. The molecule has 3 rings (SSSR count). The van der Waals surface area contributed by atoms with Gasteiger partial charge in [0.1, 0.15) is 23.9 Å². The zero-order valence-electron chi connectivity index (χ0n) is 13.3. The Morgan fingerprint density at radius 1 is 1.32 bits per heavy atom. The minimum absolute atomic E-state index is 0.143. The molecule has 0 saturated carbocycles. The van der Waals surface area contributed by atoms with Crippen LogP contribution in [0.1, 0.15) is 21.9 Å². The fraction of sp³-hybridized carbons (Fsp3) is 0.111. The summed E-state index contributed by atoms with van der Waals surface area (Å²) in [7, 11) is 1.76. The van der Waals surface area contributed by atoms with Gasteiger partial charge in [-0.3, -0.25) is 9.48 Å². The third-order valence-electron chi connectivity index (χ3n) is 3.33. The van der Waals surface area contributed by atoms with Crippen LogP contribution < -0.4 is 4.74 Å². The van der Waals surface area contributed by atoms with Crippen molar-refractivity contribution in [2.75, 3.05) is 0 Å². The molecule has 0 aliphatic heterocycles. The second-order valence-electron chi connectivity index (χ2n) is 5.27. The first kappa shape index (κ1) is 17.3. The van der Waals surface area contributed by atoms with E-state index in [2.05, 4.69) is 5.10 Å². The molecule has 0 N–H and O–H groups in total. The van der Waals surface area contributed by atoms with E-state index in [0.717, 1.165) is 0 Å². The van der Waals surface area contributed by atoms with E-state index < -0.39 is 0 Å².